The molecule has 114 valence electrons. The summed E-state index contributed by atoms with van der Waals surface area (Å²) in [5.41, 5.74) is 1.06. The van der Waals surface area contributed by atoms with Crippen LogP contribution in [0.4, 0.5) is 11.8 Å². The predicted octanol–water partition coefficient (Wildman–Crippen LogP) is 2.54. The second-order valence-electron chi connectivity index (χ2n) is 5.48. The van der Waals surface area contributed by atoms with Crippen molar-refractivity contribution in [3.8, 4) is 0 Å². The second-order valence-corrected chi connectivity index (χ2v) is 5.48. The Labute approximate surface area is 126 Å². The minimum absolute atomic E-state index is 0.118. The number of hydrogen-bond donors (Lipinski definition) is 1. The van der Waals surface area contributed by atoms with Gasteiger partial charge in [0.1, 0.15) is 11.6 Å². The molecule has 2 rings (SSSR count). The summed E-state index contributed by atoms with van der Waals surface area (Å²) in [7, 11) is 5.98. The normalized spacial score (nSPS) is 12.2. The van der Waals surface area contributed by atoms with Gasteiger partial charge in [0.25, 0.3) is 0 Å². The monoisotopic (exact) mass is 288 g/mol. The average Bonchev–Trinajstić information content (AvgIpc) is 2.86. The highest BCUT2D eigenvalue weighted by Crippen LogP contribution is 2.22. The zero-order valence-corrected chi connectivity index (χ0v) is 13.5. The molecule has 0 bridgehead atoms. The van der Waals surface area contributed by atoms with E-state index in [0.29, 0.717) is 5.95 Å². The molecule has 0 unspecified atom stereocenters. The molecular weight excluding hydrogens is 264 g/mol. The lowest BCUT2D eigenvalue weighted by molar-refractivity contribution is 0.608. The first-order valence-electron chi connectivity index (χ1n) is 7.27. The van der Waals surface area contributed by atoms with Crippen molar-refractivity contribution >= 4 is 11.8 Å². The highest BCUT2D eigenvalue weighted by molar-refractivity contribution is 5.48. The number of nitrogens with zero attached hydrogens (tertiary/aromatic N) is 5. The molecule has 0 spiro atoms. The second kappa shape index (κ2) is 6.56. The van der Waals surface area contributed by atoms with Crippen LogP contribution in [-0.4, -0.2) is 33.6 Å². The molecule has 0 saturated carbocycles. The van der Waals surface area contributed by atoms with Crippen LogP contribution in [0.1, 0.15) is 37.2 Å². The highest BCUT2D eigenvalue weighted by atomic mass is 15.2. The number of rotatable bonds is 6. The van der Waals surface area contributed by atoms with Gasteiger partial charge in [0, 0.05) is 45.3 Å². The van der Waals surface area contributed by atoms with Crippen molar-refractivity contribution in [3.63, 3.8) is 0 Å². The largest absolute Gasteiger partial charge is 0.362 e. The summed E-state index contributed by atoms with van der Waals surface area (Å²) >= 11 is 0. The Balaban J connectivity index is 2.25. The number of hydrogen-bond acceptors (Lipinski definition) is 5. The Bertz CT molecular complexity index is 590. The first-order valence-corrected chi connectivity index (χ1v) is 7.27. The minimum atomic E-state index is 0.118. The maximum Gasteiger partial charge on any atom is 0.225 e. The summed E-state index contributed by atoms with van der Waals surface area (Å²) < 4.78 is 2.04. The van der Waals surface area contributed by atoms with Gasteiger partial charge in [-0.15, -0.1) is 0 Å². The smallest absolute Gasteiger partial charge is 0.225 e. The van der Waals surface area contributed by atoms with E-state index >= 15 is 0 Å². The van der Waals surface area contributed by atoms with Crippen LogP contribution in [0.5, 0.6) is 0 Å². The Morgan fingerprint density at radius 1 is 1.33 bits per heavy atom. The molecule has 0 aliphatic rings. The van der Waals surface area contributed by atoms with Gasteiger partial charge >= 0.3 is 0 Å². The number of nitrogens with one attached hydrogen (secondary N) is 1. The summed E-state index contributed by atoms with van der Waals surface area (Å²) in [5.74, 6) is 2.58. The van der Waals surface area contributed by atoms with Crippen LogP contribution in [0.2, 0.25) is 0 Å². The molecule has 0 radical (unpaired) electrons. The standard InChI is InChI=1S/C15H24N6/c1-6-7-12(14-16-8-9-21(14)5)18-15-17-10-11(2)13(19-15)20(3)4/h8-10,12H,6-7H2,1-5H3,(H,17,18,19)/t12-/m0/s1. The molecule has 0 fully saturated rings. The van der Waals surface area contributed by atoms with Crippen LogP contribution in [0.25, 0.3) is 0 Å². The molecule has 2 aromatic rings. The molecule has 0 aliphatic carbocycles. The van der Waals surface area contributed by atoms with Gasteiger partial charge < -0.3 is 14.8 Å². The van der Waals surface area contributed by atoms with E-state index in [0.717, 1.165) is 30.0 Å². The molecule has 0 aliphatic heterocycles. The van der Waals surface area contributed by atoms with E-state index < -0.39 is 0 Å². The predicted molar refractivity (Wildman–Crippen MR) is 85.6 cm³/mol. The fraction of sp³-hybridized carbons (Fsp3) is 0.533. The molecule has 0 amide bonds. The Morgan fingerprint density at radius 3 is 2.67 bits per heavy atom. The fourth-order valence-corrected chi connectivity index (χ4v) is 2.38. The number of aromatic nitrogens is 4. The lowest BCUT2D eigenvalue weighted by Crippen LogP contribution is -2.19. The van der Waals surface area contributed by atoms with Gasteiger partial charge in [0.15, 0.2) is 0 Å². The van der Waals surface area contributed by atoms with E-state index in [2.05, 4.69) is 27.2 Å². The summed E-state index contributed by atoms with van der Waals surface area (Å²) in [6.45, 7) is 4.18. The van der Waals surface area contributed by atoms with Crippen molar-refractivity contribution in [3.05, 3.63) is 30.0 Å². The summed E-state index contributed by atoms with van der Waals surface area (Å²) in [6, 6.07) is 0.118. The van der Waals surface area contributed by atoms with Gasteiger partial charge in [0.05, 0.1) is 6.04 Å². The molecule has 2 aromatic heterocycles. The van der Waals surface area contributed by atoms with Crippen molar-refractivity contribution in [1.29, 1.82) is 0 Å². The maximum atomic E-state index is 4.60. The lowest BCUT2D eigenvalue weighted by Gasteiger charge is -2.20. The topological polar surface area (TPSA) is 58.9 Å². The van der Waals surface area contributed by atoms with Crippen molar-refractivity contribution in [2.45, 2.75) is 32.7 Å². The molecule has 6 heteroatoms. The number of aryl methyl sites for hydroxylation is 2. The summed E-state index contributed by atoms with van der Waals surface area (Å²) in [4.78, 5) is 15.4. The SMILES string of the molecule is CCC[C@H](Nc1ncc(C)c(N(C)C)n1)c1nccn1C. The van der Waals surface area contributed by atoms with Gasteiger partial charge in [-0.25, -0.2) is 9.97 Å². The third kappa shape index (κ3) is 3.51. The fourth-order valence-electron chi connectivity index (χ4n) is 2.38. The van der Waals surface area contributed by atoms with E-state index in [1.807, 2.05) is 56.1 Å². The Hall–Kier alpha value is -2.11. The van der Waals surface area contributed by atoms with E-state index in [9.17, 15) is 0 Å². The van der Waals surface area contributed by atoms with E-state index in [1.165, 1.54) is 0 Å². The summed E-state index contributed by atoms with van der Waals surface area (Å²) in [5, 5.41) is 3.41. The van der Waals surface area contributed by atoms with Gasteiger partial charge in [-0.3, -0.25) is 0 Å². The first-order chi connectivity index (χ1) is 10.0. The molecule has 1 N–H and O–H groups in total. The van der Waals surface area contributed by atoms with E-state index in [4.69, 9.17) is 0 Å². The molecule has 0 saturated heterocycles. The van der Waals surface area contributed by atoms with Gasteiger partial charge in [-0.1, -0.05) is 13.3 Å². The van der Waals surface area contributed by atoms with Crippen LogP contribution in [0, 0.1) is 6.92 Å². The van der Waals surface area contributed by atoms with Crippen LogP contribution < -0.4 is 10.2 Å². The molecule has 21 heavy (non-hydrogen) atoms. The quantitative estimate of drug-likeness (QED) is 0.885. The van der Waals surface area contributed by atoms with Crippen molar-refractivity contribution in [1.82, 2.24) is 19.5 Å². The molecule has 0 aromatic carbocycles. The van der Waals surface area contributed by atoms with E-state index in [-0.39, 0.29) is 6.04 Å². The van der Waals surface area contributed by atoms with Crippen molar-refractivity contribution in [2.24, 2.45) is 7.05 Å². The summed E-state index contributed by atoms with van der Waals surface area (Å²) in [6.07, 6.45) is 7.68. The molecule has 2 heterocycles. The van der Waals surface area contributed by atoms with Crippen LogP contribution in [0.15, 0.2) is 18.6 Å². The first kappa shape index (κ1) is 15.3. The third-order valence-corrected chi connectivity index (χ3v) is 3.42. The average molecular weight is 288 g/mol. The van der Waals surface area contributed by atoms with Gasteiger partial charge in [-0.05, 0) is 13.3 Å². The van der Waals surface area contributed by atoms with Gasteiger partial charge in [-0.2, -0.15) is 4.98 Å². The molecule has 1 atom stereocenters. The van der Waals surface area contributed by atoms with Crippen molar-refractivity contribution in [2.75, 3.05) is 24.3 Å². The maximum absolute atomic E-state index is 4.60. The van der Waals surface area contributed by atoms with Crippen LogP contribution >= 0.6 is 0 Å². The Kier molecular flexibility index (Phi) is 4.77. The minimum Gasteiger partial charge on any atom is -0.362 e. The highest BCUT2D eigenvalue weighted by Gasteiger charge is 2.17. The molecule has 6 nitrogen and oxygen atoms in total. The molecular formula is C15H24N6. The Morgan fingerprint density at radius 2 is 2.10 bits per heavy atom. The van der Waals surface area contributed by atoms with Gasteiger partial charge in [0.2, 0.25) is 5.95 Å². The number of anilines is 2. The van der Waals surface area contributed by atoms with Crippen LogP contribution in [0.3, 0.4) is 0 Å². The third-order valence-electron chi connectivity index (χ3n) is 3.42. The van der Waals surface area contributed by atoms with E-state index in [1.54, 1.807) is 0 Å². The van der Waals surface area contributed by atoms with Crippen LogP contribution in [-0.2, 0) is 7.05 Å². The zero-order chi connectivity index (χ0) is 15.4. The number of imidazole rings is 1. The zero-order valence-electron chi connectivity index (χ0n) is 13.5. The lowest BCUT2D eigenvalue weighted by atomic mass is 10.1. The van der Waals surface area contributed by atoms with Crippen molar-refractivity contribution < 1.29 is 0 Å².